The van der Waals surface area contributed by atoms with E-state index in [-0.39, 0.29) is 24.4 Å². The van der Waals surface area contributed by atoms with E-state index >= 15 is 0 Å². The highest BCUT2D eigenvalue weighted by atomic mass is 16.5. The minimum absolute atomic E-state index is 0.0654. The summed E-state index contributed by atoms with van der Waals surface area (Å²) in [6.45, 7) is 2.11. The maximum absolute atomic E-state index is 12.4. The first-order chi connectivity index (χ1) is 13.0. The van der Waals surface area contributed by atoms with Gasteiger partial charge in [0.05, 0.1) is 20.8 Å². The lowest BCUT2D eigenvalue weighted by Gasteiger charge is -2.23. The van der Waals surface area contributed by atoms with Gasteiger partial charge in [0.2, 0.25) is 11.8 Å². The second kappa shape index (κ2) is 10.8. The van der Waals surface area contributed by atoms with Crippen LogP contribution >= 0.6 is 0 Å². The number of carbonyl (C=O) groups excluding carboxylic acids is 2. The molecule has 1 aliphatic rings. The number of rotatable bonds is 8. The molecule has 0 bridgehead atoms. The molecule has 1 aromatic rings. The van der Waals surface area contributed by atoms with E-state index < -0.39 is 0 Å². The van der Waals surface area contributed by atoms with Crippen molar-refractivity contribution in [3.63, 3.8) is 0 Å². The second-order valence-corrected chi connectivity index (χ2v) is 7.14. The Bertz CT molecular complexity index is 625. The van der Waals surface area contributed by atoms with E-state index in [9.17, 15) is 9.59 Å². The van der Waals surface area contributed by atoms with Crippen LogP contribution < -0.4 is 14.8 Å². The first kappa shape index (κ1) is 21.1. The van der Waals surface area contributed by atoms with Gasteiger partial charge in [0.1, 0.15) is 0 Å². The summed E-state index contributed by atoms with van der Waals surface area (Å²) in [6.07, 6.45) is 7.56. The van der Waals surface area contributed by atoms with Crippen molar-refractivity contribution in [3.8, 4) is 11.5 Å². The Labute approximate surface area is 162 Å². The van der Waals surface area contributed by atoms with Crippen molar-refractivity contribution in [2.24, 2.45) is 0 Å². The molecule has 2 amide bonds. The highest BCUT2D eigenvalue weighted by molar-refractivity contribution is 5.83. The Balaban J connectivity index is 1.89. The molecule has 1 fully saturated rings. The predicted octanol–water partition coefficient (Wildman–Crippen LogP) is 2.93. The average molecular weight is 376 g/mol. The van der Waals surface area contributed by atoms with Gasteiger partial charge < -0.3 is 19.7 Å². The molecule has 150 valence electrons. The lowest BCUT2D eigenvalue weighted by atomic mass is 10.1. The zero-order chi connectivity index (χ0) is 19.6. The average Bonchev–Trinajstić information content (AvgIpc) is 2.93. The van der Waals surface area contributed by atoms with Gasteiger partial charge in [-0.25, -0.2) is 0 Å². The molecule has 0 atom stereocenters. The topological polar surface area (TPSA) is 67.9 Å². The van der Waals surface area contributed by atoms with Crippen LogP contribution in [0.4, 0.5) is 0 Å². The summed E-state index contributed by atoms with van der Waals surface area (Å²) in [4.78, 5) is 26.0. The first-order valence-electron chi connectivity index (χ1n) is 9.79. The van der Waals surface area contributed by atoms with E-state index in [2.05, 4.69) is 5.32 Å². The maximum Gasteiger partial charge on any atom is 0.239 e. The molecule has 1 aromatic carbocycles. The Morgan fingerprint density at radius 1 is 1.07 bits per heavy atom. The molecule has 6 nitrogen and oxygen atoms in total. The normalized spacial score (nSPS) is 14.9. The summed E-state index contributed by atoms with van der Waals surface area (Å²) in [5, 5.41) is 3.11. The zero-order valence-electron chi connectivity index (χ0n) is 16.8. The van der Waals surface area contributed by atoms with Crippen LogP contribution in [0.25, 0.3) is 0 Å². The van der Waals surface area contributed by atoms with E-state index in [1.165, 1.54) is 32.6 Å². The predicted molar refractivity (Wildman–Crippen MR) is 105 cm³/mol. The van der Waals surface area contributed by atoms with E-state index in [1.807, 2.05) is 18.2 Å². The molecule has 0 aromatic heterocycles. The smallest absolute Gasteiger partial charge is 0.239 e. The molecule has 0 radical (unpaired) electrons. The number of benzene rings is 1. The summed E-state index contributed by atoms with van der Waals surface area (Å²) in [6, 6.07) is 5.96. The minimum Gasteiger partial charge on any atom is -0.493 e. The summed E-state index contributed by atoms with van der Waals surface area (Å²) in [5.74, 6) is 1.18. The minimum atomic E-state index is -0.0912. The standard InChI is InChI=1S/C21H32N2O4/c1-16(24)23(15-21(25)22-18-8-6-4-5-7-9-18)13-12-17-10-11-19(26-2)20(14-17)27-3/h10-11,14,18H,4-9,12-13,15H2,1-3H3,(H,22,25). The van der Waals surface area contributed by atoms with Crippen LogP contribution in [0.5, 0.6) is 11.5 Å². The van der Waals surface area contributed by atoms with Crippen LogP contribution in [0.2, 0.25) is 0 Å². The molecule has 0 spiro atoms. The Kier molecular flexibility index (Phi) is 8.43. The number of carbonyl (C=O) groups is 2. The number of hydrogen-bond donors (Lipinski definition) is 1. The molecule has 1 saturated carbocycles. The van der Waals surface area contributed by atoms with Crippen molar-refractivity contribution in [3.05, 3.63) is 23.8 Å². The maximum atomic E-state index is 12.4. The first-order valence-corrected chi connectivity index (χ1v) is 9.79. The Morgan fingerprint density at radius 2 is 1.74 bits per heavy atom. The number of nitrogens with one attached hydrogen (secondary N) is 1. The molecule has 1 N–H and O–H groups in total. The van der Waals surface area contributed by atoms with Gasteiger partial charge in [-0.05, 0) is 37.0 Å². The molecular weight excluding hydrogens is 344 g/mol. The quantitative estimate of drug-likeness (QED) is 0.709. The number of nitrogens with zero attached hydrogens (tertiary/aromatic N) is 1. The van der Waals surface area contributed by atoms with Crippen LogP contribution in [-0.2, 0) is 16.0 Å². The van der Waals surface area contributed by atoms with Crippen LogP contribution in [-0.4, -0.2) is 50.1 Å². The summed E-state index contributed by atoms with van der Waals surface area (Å²) >= 11 is 0. The molecule has 0 aliphatic heterocycles. The molecule has 1 aliphatic carbocycles. The highest BCUT2D eigenvalue weighted by Crippen LogP contribution is 2.27. The third-order valence-electron chi connectivity index (χ3n) is 5.12. The molecule has 27 heavy (non-hydrogen) atoms. The van der Waals surface area contributed by atoms with Crippen LogP contribution in [0, 0.1) is 0 Å². The highest BCUT2D eigenvalue weighted by Gasteiger charge is 2.18. The SMILES string of the molecule is COc1ccc(CCN(CC(=O)NC2CCCCCC2)C(C)=O)cc1OC. The fraction of sp³-hybridized carbons (Fsp3) is 0.619. The van der Waals surface area contributed by atoms with Gasteiger partial charge >= 0.3 is 0 Å². The van der Waals surface area contributed by atoms with E-state index in [4.69, 9.17) is 9.47 Å². The van der Waals surface area contributed by atoms with Crippen molar-refractivity contribution >= 4 is 11.8 Å². The van der Waals surface area contributed by atoms with Crippen molar-refractivity contribution in [1.29, 1.82) is 0 Å². The largest absolute Gasteiger partial charge is 0.493 e. The van der Waals surface area contributed by atoms with E-state index in [0.29, 0.717) is 24.5 Å². The molecule has 2 rings (SSSR count). The van der Waals surface area contributed by atoms with E-state index in [0.717, 1.165) is 18.4 Å². The van der Waals surface area contributed by atoms with Crippen LogP contribution in [0.1, 0.15) is 51.0 Å². The number of ether oxygens (including phenoxy) is 2. The Morgan fingerprint density at radius 3 is 2.33 bits per heavy atom. The van der Waals surface area contributed by atoms with Gasteiger partial charge in [0.25, 0.3) is 0 Å². The monoisotopic (exact) mass is 376 g/mol. The van der Waals surface area contributed by atoms with Gasteiger partial charge in [-0.15, -0.1) is 0 Å². The number of hydrogen-bond acceptors (Lipinski definition) is 4. The van der Waals surface area contributed by atoms with Crippen molar-refractivity contribution in [2.75, 3.05) is 27.3 Å². The summed E-state index contributed by atoms with van der Waals surface area (Å²) in [5.41, 5.74) is 1.03. The van der Waals surface area contributed by atoms with Crippen molar-refractivity contribution < 1.29 is 19.1 Å². The number of methoxy groups -OCH3 is 2. The van der Waals surface area contributed by atoms with Crippen LogP contribution in [0.3, 0.4) is 0 Å². The van der Waals surface area contributed by atoms with Crippen LogP contribution in [0.15, 0.2) is 18.2 Å². The molecule has 0 saturated heterocycles. The zero-order valence-corrected chi connectivity index (χ0v) is 16.8. The fourth-order valence-electron chi connectivity index (χ4n) is 3.52. The second-order valence-electron chi connectivity index (χ2n) is 7.14. The molecule has 6 heteroatoms. The third-order valence-corrected chi connectivity index (χ3v) is 5.12. The van der Waals surface area contributed by atoms with Gasteiger partial charge in [-0.3, -0.25) is 9.59 Å². The molecule has 0 heterocycles. The van der Waals surface area contributed by atoms with Gasteiger partial charge in [0.15, 0.2) is 11.5 Å². The van der Waals surface area contributed by atoms with Crippen molar-refractivity contribution in [1.82, 2.24) is 10.2 Å². The molecule has 0 unspecified atom stereocenters. The summed E-state index contributed by atoms with van der Waals surface area (Å²) in [7, 11) is 3.20. The fourth-order valence-corrected chi connectivity index (χ4v) is 3.52. The summed E-state index contributed by atoms with van der Waals surface area (Å²) < 4.78 is 10.6. The molecular formula is C21H32N2O4. The Hall–Kier alpha value is -2.24. The van der Waals surface area contributed by atoms with Crippen molar-refractivity contribution in [2.45, 2.75) is 57.9 Å². The van der Waals surface area contributed by atoms with Gasteiger partial charge in [-0.2, -0.15) is 0 Å². The van der Waals surface area contributed by atoms with E-state index in [1.54, 1.807) is 19.1 Å². The van der Waals surface area contributed by atoms with Gasteiger partial charge in [-0.1, -0.05) is 31.7 Å². The number of amides is 2. The lowest BCUT2D eigenvalue weighted by molar-refractivity contribution is -0.134. The van der Waals surface area contributed by atoms with Gasteiger partial charge in [0, 0.05) is 19.5 Å². The third kappa shape index (κ3) is 6.77. The lowest BCUT2D eigenvalue weighted by Crippen LogP contribution is -2.44.